The summed E-state index contributed by atoms with van der Waals surface area (Å²) in [7, 11) is 0. The molecule has 3 aromatic carbocycles. The molecule has 4 heteroatoms. The van der Waals surface area contributed by atoms with Crippen LogP contribution in [-0.4, -0.2) is 16.6 Å². The van der Waals surface area contributed by atoms with Crippen molar-refractivity contribution in [3.05, 3.63) is 96.1 Å². The van der Waals surface area contributed by atoms with E-state index in [0.29, 0.717) is 6.42 Å². The van der Waals surface area contributed by atoms with Crippen LogP contribution in [0.15, 0.2) is 84.9 Å². The van der Waals surface area contributed by atoms with Gasteiger partial charge in [-0.1, -0.05) is 84.9 Å². The van der Waals surface area contributed by atoms with E-state index in [4.69, 9.17) is 5.73 Å². The summed E-state index contributed by atoms with van der Waals surface area (Å²) < 4.78 is 0. The number of hydrogen-bond donors (Lipinski definition) is 2. The van der Waals surface area contributed by atoms with Gasteiger partial charge in [0, 0.05) is 12.8 Å². The van der Waals surface area contributed by atoms with Crippen molar-refractivity contribution < 1.29 is 9.90 Å². The first kappa shape index (κ1) is 19.7. The first-order chi connectivity index (χ1) is 12.1. The largest absolute Gasteiger partial charge is 0.480 e. The van der Waals surface area contributed by atoms with E-state index < -0.39 is 11.5 Å². The maximum atomic E-state index is 11.9. The van der Waals surface area contributed by atoms with Gasteiger partial charge < -0.3 is 10.8 Å². The second-order valence-electron chi connectivity index (χ2n) is 6.37. The average Bonchev–Trinajstić information content (AvgIpc) is 2.63. The molecule has 1 unspecified atom stereocenters. The Hall–Kier alpha value is -2.62. The van der Waals surface area contributed by atoms with Crippen LogP contribution < -0.4 is 5.73 Å². The molecule has 0 aliphatic heterocycles. The quantitative estimate of drug-likeness (QED) is 0.681. The van der Waals surface area contributed by atoms with Gasteiger partial charge >= 0.3 is 5.97 Å². The molecule has 0 heterocycles. The van der Waals surface area contributed by atoms with Gasteiger partial charge in [-0.25, -0.2) is 0 Å². The summed E-state index contributed by atoms with van der Waals surface area (Å²) in [4.78, 5) is 11.9. The van der Waals surface area contributed by atoms with E-state index in [-0.39, 0.29) is 18.8 Å². The van der Waals surface area contributed by atoms with E-state index >= 15 is 0 Å². The summed E-state index contributed by atoms with van der Waals surface area (Å²) >= 11 is 0. The molecule has 26 heavy (non-hydrogen) atoms. The molecule has 3 rings (SSSR count). The van der Waals surface area contributed by atoms with Crippen LogP contribution in [0.25, 0.3) is 11.1 Å². The summed E-state index contributed by atoms with van der Waals surface area (Å²) in [5.74, 6) is -0.985. The molecule has 0 spiro atoms. The van der Waals surface area contributed by atoms with Crippen LogP contribution in [-0.2, 0) is 17.6 Å². The summed E-state index contributed by atoms with van der Waals surface area (Å²) in [5.41, 5.74) is 8.96. The van der Waals surface area contributed by atoms with Crippen LogP contribution in [0.3, 0.4) is 0 Å². The van der Waals surface area contributed by atoms with Crippen LogP contribution in [0, 0.1) is 0 Å². The summed E-state index contributed by atoms with van der Waals surface area (Å²) in [6.07, 6.45) is 0.566. The zero-order valence-corrected chi connectivity index (χ0v) is 15.2. The highest BCUT2D eigenvalue weighted by Crippen LogP contribution is 2.23. The number of benzene rings is 3. The van der Waals surface area contributed by atoms with Crippen molar-refractivity contribution in [2.45, 2.75) is 18.4 Å². The van der Waals surface area contributed by atoms with Gasteiger partial charge in [0.05, 0.1) is 0 Å². The predicted octanol–water partition coefficient (Wildman–Crippen LogP) is 4.34. The van der Waals surface area contributed by atoms with Crippen LogP contribution in [0.5, 0.6) is 0 Å². The Kier molecular flexibility index (Phi) is 6.56. The normalized spacial score (nSPS) is 12.7. The second-order valence-corrected chi connectivity index (χ2v) is 6.37. The monoisotopic (exact) mass is 367 g/mol. The van der Waals surface area contributed by atoms with Gasteiger partial charge in [-0.05, 0) is 22.3 Å². The number of halogens is 1. The molecular formula is C22H22ClNO2. The summed E-state index contributed by atoms with van der Waals surface area (Å²) in [5, 5.41) is 9.72. The van der Waals surface area contributed by atoms with E-state index in [9.17, 15) is 9.90 Å². The van der Waals surface area contributed by atoms with Gasteiger partial charge in [0.25, 0.3) is 0 Å². The molecule has 3 nitrogen and oxygen atoms in total. The van der Waals surface area contributed by atoms with Gasteiger partial charge in [-0.3, -0.25) is 4.79 Å². The third-order valence-corrected chi connectivity index (χ3v) is 4.34. The van der Waals surface area contributed by atoms with E-state index in [1.807, 2.05) is 84.9 Å². The summed E-state index contributed by atoms with van der Waals surface area (Å²) in [6, 6.07) is 27.5. The highest BCUT2D eigenvalue weighted by Gasteiger charge is 2.34. The van der Waals surface area contributed by atoms with Gasteiger partial charge in [0.1, 0.15) is 5.54 Å². The molecule has 0 aromatic heterocycles. The molecule has 0 fully saturated rings. The second kappa shape index (κ2) is 8.65. The highest BCUT2D eigenvalue weighted by atomic mass is 35.5. The van der Waals surface area contributed by atoms with Crippen molar-refractivity contribution in [2.75, 3.05) is 0 Å². The number of carboxylic acids is 1. The predicted molar refractivity (Wildman–Crippen MR) is 108 cm³/mol. The van der Waals surface area contributed by atoms with Crippen molar-refractivity contribution in [3.63, 3.8) is 0 Å². The van der Waals surface area contributed by atoms with E-state index in [2.05, 4.69) is 0 Å². The standard InChI is InChI=1S/C22H21NO2.ClH/c23-22(21(24)25,15-17-8-3-1-4-9-17)16-18-10-7-13-20(14-18)19-11-5-2-6-12-19;/h1-14H,15-16,23H2,(H,24,25);1H. The minimum absolute atomic E-state index is 0. The first-order valence-corrected chi connectivity index (χ1v) is 8.27. The number of rotatable bonds is 6. The third kappa shape index (κ3) is 4.72. The number of nitrogens with two attached hydrogens (primary N) is 1. The number of aliphatic carboxylic acids is 1. The van der Waals surface area contributed by atoms with Gasteiger partial charge in [-0.2, -0.15) is 0 Å². The lowest BCUT2D eigenvalue weighted by molar-refractivity contribution is -0.143. The molecule has 0 radical (unpaired) electrons. The van der Waals surface area contributed by atoms with Crippen molar-refractivity contribution >= 4 is 18.4 Å². The maximum absolute atomic E-state index is 11.9. The zero-order valence-electron chi connectivity index (χ0n) is 14.3. The van der Waals surface area contributed by atoms with Crippen molar-refractivity contribution in [2.24, 2.45) is 5.73 Å². The van der Waals surface area contributed by atoms with Crippen LogP contribution in [0.1, 0.15) is 11.1 Å². The molecule has 0 saturated heterocycles. The van der Waals surface area contributed by atoms with Crippen LogP contribution in [0.2, 0.25) is 0 Å². The fourth-order valence-electron chi connectivity index (χ4n) is 3.03. The molecule has 0 aliphatic rings. The van der Waals surface area contributed by atoms with Crippen molar-refractivity contribution in [1.82, 2.24) is 0 Å². The Morgan fingerprint density at radius 3 is 1.88 bits per heavy atom. The van der Waals surface area contributed by atoms with Gasteiger partial charge in [-0.15, -0.1) is 12.4 Å². The first-order valence-electron chi connectivity index (χ1n) is 8.27. The minimum atomic E-state index is -1.34. The third-order valence-electron chi connectivity index (χ3n) is 4.34. The Morgan fingerprint density at radius 1 is 0.769 bits per heavy atom. The lowest BCUT2D eigenvalue weighted by atomic mass is 9.85. The van der Waals surface area contributed by atoms with E-state index in [0.717, 1.165) is 22.3 Å². The molecule has 3 N–H and O–H groups in total. The lowest BCUT2D eigenvalue weighted by Crippen LogP contribution is -2.51. The Balaban J connectivity index is 0.00000243. The van der Waals surface area contributed by atoms with E-state index in [1.165, 1.54) is 0 Å². The molecule has 134 valence electrons. The number of carbonyl (C=O) groups is 1. The van der Waals surface area contributed by atoms with Crippen LogP contribution >= 0.6 is 12.4 Å². The van der Waals surface area contributed by atoms with Crippen molar-refractivity contribution in [1.29, 1.82) is 0 Å². The smallest absolute Gasteiger partial charge is 0.324 e. The fraction of sp³-hybridized carbons (Fsp3) is 0.136. The number of carboxylic acid groups (broad SMARTS) is 1. The summed E-state index contributed by atoms with van der Waals surface area (Å²) in [6.45, 7) is 0. The minimum Gasteiger partial charge on any atom is -0.480 e. The Labute approximate surface area is 159 Å². The molecule has 0 aliphatic carbocycles. The van der Waals surface area contributed by atoms with Gasteiger partial charge in [0.15, 0.2) is 0 Å². The molecule has 3 aromatic rings. The zero-order chi connectivity index (χ0) is 17.7. The van der Waals surface area contributed by atoms with Gasteiger partial charge in [0.2, 0.25) is 0 Å². The molecule has 1 atom stereocenters. The fourth-order valence-corrected chi connectivity index (χ4v) is 3.03. The molecule has 0 saturated carbocycles. The Bertz CT molecular complexity index is 852. The average molecular weight is 368 g/mol. The lowest BCUT2D eigenvalue weighted by Gasteiger charge is -2.25. The topological polar surface area (TPSA) is 63.3 Å². The van der Waals surface area contributed by atoms with E-state index in [1.54, 1.807) is 0 Å². The molecular weight excluding hydrogens is 346 g/mol. The number of hydrogen-bond acceptors (Lipinski definition) is 2. The van der Waals surface area contributed by atoms with Crippen LogP contribution in [0.4, 0.5) is 0 Å². The SMILES string of the molecule is Cl.NC(Cc1ccccc1)(Cc1cccc(-c2ccccc2)c1)C(=O)O. The highest BCUT2D eigenvalue weighted by molar-refractivity contribution is 5.85. The van der Waals surface area contributed by atoms with Crippen molar-refractivity contribution in [3.8, 4) is 11.1 Å². The maximum Gasteiger partial charge on any atom is 0.324 e. The molecule has 0 bridgehead atoms. The Morgan fingerprint density at radius 2 is 1.27 bits per heavy atom. The molecule has 0 amide bonds.